The van der Waals surface area contributed by atoms with E-state index in [1.807, 2.05) is 0 Å². The van der Waals surface area contributed by atoms with Gasteiger partial charge in [-0.2, -0.15) is 12.7 Å². The number of carbonyl (C=O) groups is 1. The maximum Gasteiger partial charge on any atom is 0.304 e. The van der Waals surface area contributed by atoms with Gasteiger partial charge in [0.15, 0.2) is 0 Å². The van der Waals surface area contributed by atoms with Crippen LogP contribution in [0.15, 0.2) is 18.2 Å². The molecule has 0 aliphatic heterocycles. The number of anilines is 1. The summed E-state index contributed by atoms with van der Waals surface area (Å²) in [6.07, 6.45) is -0.306. The summed E-state index contributed by atoms with van der Waals surface area (Å²) in [5.41, 5.74) is 0.305. The van der Waals surface area contributed by atoms with Gasteiger partial charge in [-0.05, 0) is 19.1 Å². The van der Waals surface area contributed by atoms with E-state index < -0.39 is 22.0 Å². The molecule has 0 saturated heterocycles. The third-order valence-electron chi connectivity index (χ3n) is 2.56. The smallest absolute Gasteiger partial charge is 0.304 e. The summed E-state index contributed by atoms with van der Waals surface area (Å²) < 4.78 is 40.1. The Morgan fingerprint density at radius 1 is 1.47 bits per heavy atom. The molecule has 0 aliphatic carbocycles. The number of carboxylic acids is 1. The molecule has 1 rings (SSSR count). The van der Waals surface area contributed by atoms with E-state index >= 15 is 0 Å². The predicted octanol–water partition coefficient (Wildman–Crippen LogP) is 1.20. The van der Waals surface area contributed by atoms with Crippen LogP contribution in [0.3, 0.4) is 0 Å². The summed E-state index contributed by atoms with van der Waals surface area (Å²) in [5, 5.41) is 8.51. The molecule has 6 nitrogen and oxygen atoms in total. The monoisotopic (exact) mass is 290 g/mol. The van der Waals surface area contributed by atoms with Crippen molar-refractivity contribution in [3.63, 3.8) is 0 Å². The van der Waals surface area contributed by atoms with E-state index in [1.54, 1.807) is 0 Å². The lowest BCUT2D eigenvalue weighted by atomic mass is 10.2. The quantitative estimate of drug-likeness (QED) is 0.824. The van der Waals surface area contributed by atoms with Crippen molar-refractivity contribution in [1.29, 1.82) is 0 Å². The van der Waals surface area contributed by atoms with Crippen LogP contribution in [-0.4, -0.2) is 37.4 Å². The number of carboxylic acid groups (broad SMARTS) is 1. The first kappa shape index (κ1) is 15.4. The van der Waals surface area contributed by atoms with Crippen LogP contribution in [0.4, 0.5) is 10.1 Å². The van der Waals surface area contributed by atoms with Gasteiger partial charge in [0, 0.05) is 19.2 Å². The summed E-state index contributed by atoms with van der Waals surface area (Å²) >= 11 is 0. The number of halogens is 1. The molecule has 0 aliphatic rings. The number of benzene rings is 1. The molecule has 0 unspecified atom stereocenters. The van der Waals surface area contributed by atoms with Gasteiger partial charge in [-0.1, -0.05) is 6.07 Å². The Kier molecular flexibility index (Phi) is 4.84. The molecule has 2 N–H and O–H groups in total. The van der Waals surface area contributed by atoms with Gasteiger partial charge in [0.25, 0.3) is 0 Å². The average molecular weight is 290 g/mol. The third kappa shape index (κ3) is 4.18. The molecule has 1 aromatic carbocycles. The largest absolute Gasteiger partial charge is 0.481 e. The Bertz CT molecular complexity index is 574. The van der Waals surface area contributed by atoms with Gasteiger partial charge in [0.05, 0.1) is 12.1 Å². The van der Waals surface area contributed by atoms with Crippen LogP contribution in [0, 0.1) is 12.7 Å². The number of nitrogens with one attached hydrogen (secondary N) is 1. The zero-order valence-corrected chi connectivity index (χ0v) is 11.4. The van der Waals surface area contributed by atoms with Crippen LogP contribution >= 0.6 is 0 Å². The van der Waals surface area contributed by atoms with Crippen molar-refractivity contribution in [1.82, 2.24) is 4.31 Å². The molecule has 0 aromatic heterocycles. The van der Waals surface area contributed by atoms with Crippen molar-refractivity contribution in [3.05, 3.63) is 29.6 Å². The second kappa shape index (κ2) is 5.98. The fourth-order valence-electron chi connectivity index (χ4n) is 1.31. The molecule has 106 valence electrons. The maximum absolute atomic E-state index is 13.3. The van der Waals surface area contributed by atoms with E-state index in [1.165, 1.54) is 32.2 Å². The molecule has 0 radical (unpaired) electrons. The Balaban J connectivity index is 2.84. The average Bonchev–Trinajstić information content (AvgIpc) is 2.31. The highest BCUT2D eigenvalue weighted by atomic mass is 32.2. The number of hydrogen-bond donors (Lipinski definition) is 2. The maximum atomic E-state index is 13.3. The molecule has 0 heterocycles. The Labute approximate surface area is 111 Å². The molecular weight excluding hydrogens is 275 g/mol. The van der Waals surface area contributed by atoms with Gasteiger partial charge < -0.3 is 5.11 Å². The van der Waals surface area contributed by atoms with E-state index in [0.29, 0.717) is 0 Å². The van der Waals surface area contributed by atoms with Crippen LogP contribution in [0.1, 0.15) is 12.0 Å². The van der Waals surface area contributed by atoms with Crippen molar-refractivity contribution < 1.29 is 22.7 Å². The van der Waals surface area contributed by atoms with Crippen molar-refractivity contribution in [2.24, 2.45) is 0 Å². The highest BCUT2D eigenvalue weighted by Gasteiger charge is 2.19. The number of aliphatic carboxylic acids is 1. The lowest BCUT2D eigenvalue weighted by Crippen LogP contribution is -2.34. The summed E-state index contributed by atoms with van der Waals surface area (Å²) in [5.74, 6) is -1.61. The van der Waals surface area contributed by atoms with Gasteiger partial charge in [-0.25, -0.2) is 4.39 Å². The molecule has 1 aromatic rings. The van der Waals surface area contributed by atoms with Crippen LogP contribution < -0.4 is 4.72 Å². The lowest BCUT2D eigenvalue weighted by Gasteiger charge is -2.18. The van der Waals surface area contributed by atoms with Crippen molar-refractivity contribution in [2.45, 2.75) is 13.3 Å². The Hall–Kier alpha value is -1.67. The second-order valence-electron chi connectivity index (χ2n) is 3.98. The minimum Gasteiger partial charge on any atom is -0.481 e. The normalized spacial score (nSPS) is 11.6. The van der Waals surface area contributed by atoms with Crippen LogP contribution in [0.5, 0.6) is 0 Å². The number of rotatable bonds is 6. The number of hydrogen-bond acceptors (Lipinski definition) is 3. The van der Waals surface area contributed by atoms with Crippen molar-refractivity contribution >= 4 is 21.9 Å². The van der Waals surface area contributed by atoms with E-state index in [-0.39, 0.29) is 24.2 Å². The van der Waals surface area contributed by atoms with Gasteiger partial charge in [0.2, 0.25) is 0 Å². The minimum atomic E-state index is -3.89. The molecular formula is C11H15FN2O4S. The van der Waals surface area contributed by atoms with Gasteiger partial charge >= 0.3 is 16.2 Å². The fourth-order valence-corrected chi connectivity index (χ4v) is 2.29. The van der Waals surface area contributed by atoms with Gasteiger partial charge in [0.1, 0.15) is 5.82 Å². The molecule has 0 atom stereocenters. The summed E-state index contributed by atoms with van der Waals surface area (Å²) in [4.78, 5) is 10.4. The van der Waals surface area contributed by atoms with E-state index in [9.17, 15) is 17.6 Å². The molecule has 0 amide bonds. The zero-order chi connectivity index (χ0) is 14.6. The molecule has 19 heavy (non-hydrogen) atoms. The molecule has 0 bridgehead atoms. The SMILES string of the molecule is Cc1c(F)cccc1NS(=O)(=O)N(C)CCC(=O)O. The highest BCUT2D eigenvalue weighted by Crippen LogP contribution is 2.19. The van der Waals surface area contributed by atoms with Gasteiger partial charge in [-0.3, -0.25) is 9.52 Å². The Morgan fingerprint density at radius 2 is 2.11 bits per heavy atom. The van der Waals surface area contributed by atoms with Crippen molar-refractivity contribution in [3.8, 4) is 0 Å². The first-order valence-corrected chi connectivity index (χ1v) is 6.89. The van der Waals surface area contributed by atoms with E-state index in [0.717, 1.165) is 4.31 Å². The van der Waals surface area contributed by atoms with Crippen LogP contribution in [0.2, 0.25) is 0 Å². The Morgan fingerprint density at radius 3 is 2.68 bits per heavy atom. The van der Waals surface area contributed by atoms with Crippen molar-refractivity contribution in [2.75, 3.05) is 18.3 Å². The van der Waals surface area contributed by atoms with Gasteiger partial charge in [-0.15, -0.1) is 0 Å². The van der Waals surface area contributed by atoms with Crippen LogP contribution in [0.25, 0.3) is 0 Å². The summed E-state index contributed by atoms with van der Waals surface area (Å²) in [6, 6.07) is 4.04. The zero-order valence-electron chi connectivity index (χ0n) is 10.6. The standard InChI is InChI=1S/C11H15FN2O4S/c1-8-9(12)4-3-5-10(8)13-19(17,18)14(2)7-6-11(15)16/h3-5,13H,6-7H2,1-2H3,(H,15,16). The molecule has 0 saturated carbocycles. The lowest BCUT2D eigenvalue weighted by molar-refractivity contribution is -0.137. The minimum absolute atomic E-state index is 0.127. The molecule has 0 fully saturated rings. The summed E-state index contributed by atoms with van der Waals surface area (Å²) in [6.45, 7) is 1.28. The first-order chi connectivity index (χ1) is 8.74. The molecule has 8 heteroatoms. The predicted molar refractivity (Wildman–Crippen MR) is 68.6 cm³/mol. The topological polar surface area (TPSA) is 86.7 Å². The van der Waals surface area contributed by atoms with Crippen LogP contribution in [-0.2, 0) is 15.0 Å². The van der Waals surface area contributed by atoms with E-state index in [2.05, 4.69) is 4.72 Å². The highest BCUT2D eigenvalue weighted by molar-refractivity contribution is 7.90. The number of nitrogens with zero attached hydrogens (tertiary/aromatic N) is 1. The summed E-state index contributed by atoms with van der Waals surface area (Å²) in [7, 11) is -2.65. The van der Waals surface area contributed by atoms with E-state index in [4.69, 9.17) is 5.11 Å². The molecule has 0 spiro atoms. The second-order valence-corrected chi connectivity index (χ2v) is 5.76. The third-order valence-corrected chi connectivity index (χ3v) is 4.04. The first-order valence-electron chi connectivity index (χ1n) is 5.45. The fraction of sp³-hybridized carbons (Fsp3) is 0.364.